The van der Waals surface area contributed by atoms with Crippen molar-refractivity contribution in [1.82, 2.24) is 9.55 Å². The number of aromatic nitrogens is 2. The minimum absolute atomic E-state index is 0.132. The Balaban J connectivity index is 2.66. The highest BCUT2D eigenvalue weighted by Gasteiger charge is 2.22. The van der Waals surface area contributed by atoms with Crippen LogP contribution in [0, 0.1) is 11.6 Å². The number of nitrogens with zero attached hydrogens (tertiary/aromatic N) is 2. The molecule has 2 aromatic rings. The van der Waals surface area contributed by atoms with Crippen molar-refractivity contribution in [3.63, 3.8) is 0 Å². The second kappa shape index (κ2) is 5.61. The molecule has 1 heterocycles. The maximum atomic E-state index is 13.9. The van der Waals surface area contributed by atoms with Gasteiger partial charge in [-0.2, -0.15) is 0 Å². The number of hydrogen-bond donors (Lipinski definition) is 1. The summed E-state index contributed by atoms with van der Waals surface area (Å²) in [4.78, 5) is 4.38. The Morgan fingerprint density at radius 1 is 1.25 bits per heavy atom. The summed E-state index contributed by atoms with van der Waals surface area (Å²) >= 11 is 0. The molecule has 0 aliphatic heterocycles. The highest BCUT2D eigenvalue weighted by Crippen LogP contribution is 2.32. The van der Waals surface area contributed by atoms with Gasteiger partial charge in [0.2, 0.25) is 0 Å². The van der Waals surface area contributed by atoms with Gasteiger partial charge in [0.05, 0.1) is 5.56 Å². The Kier molecular flexibility index (Phi) is 4.06. The summed E-state index contributed by atoms with van der Waals surface area (Å²) in [6.07, 6.45) is 0.874. The normalized spacial score (nSPS) is 11.3. The first-order valence-electron chi connectivity index (χ1n) is 6.77. The smallest absolute Gasteiger partial charge is 0.135 e. The Labute approximate surface area is 117 Å². The molecule has 2 rings (SSSR count). The Bertz CT molecular complexity index is 598. The van der Waals surface area contributed by atoms with Crippen LogP contribution in [0.25, 0.3) is 11.3 Å². The average molecular weight is 279 g/mol. The van der Waals surface area contributed by atoms with Gasteiger partial charge in [-0.05, 0) is 18.6 Å². The molecule has 0 atom stereocenters. The number of nitrogen functional groups attached to an aromatic ring is 1. The lowest BCUT2D eigenvalue weighted by molar-refractivity contribution is 0.589. The van der Waals surface area contributed by atoms with E-state index >= 15 is 0 Å². The third-order valence-corrected chi connectivity index (χ3v) is 3.20. The van der Waals surface area contributed by atoms with Crippen molar-refractivity contribution >= 4 is 5.82 Å². The zero-order valence-electron chi connectivity index (χ0n) is 12.0. The van der Waals surface area contributed by atoms with Crippen molar-refractivity contribution in [3.05, 3.63) is 35.7 Å². The van der Waals surface area contributed by atoms with Crippen LogP contribution in [0.4, 0.5) is 14.6 Å². The summed E-state index contributed by atoms with van der Waals surface area (Å²) in [6, 6.07) is 3.76. The van der Waals surface area contributed by atoms with E-state index in [9.17, 15) is 8.78 Å². The first-order chi connectivity index (χ1) is 9.47. The number of rotatable bonds is 4. The third-order valence-electron chi connectivity index (χ3n) is 3.20. The summed E-state index contributed by atoms with van der Waals surface area (Å²) in [5.41, 5.74) is 6.11. The fourth-order valence-corrected chi connectivity index (χ4v) is 2.29. The zero-order valence-corrected chi connectivity index (χ0v) is 12.0. The second-order valence-corrected chi connectivity index (χ2v) is 5.11. The van der Waals surface area contributed by atoms with Gasteiger partial charge in [-0.25, -0.2) is 13.8 Å². The lowest BCUT2D eigenvalue weighted by Crippen LogP contribution is -2.08. The summed E-state index contributed by atoms with van der Waals surface area (Å²) in [5, 5.41) is 0. The molecule has 0 saturated heterocycles. The summed E-state index contributed by atoms with van der Waals surface area (Å²) in [6.45, 7) is 6.67. The van der Waals surface area contributed by atoms with E-state index in [-0.39, 0.29) is 17.2 Å². The fraction of sp³-hybridized carbons (Fsp3) is 0.400. The van der Waals surface area contributed by atoms with Crippen molar-refractivity contribution in [2.24, 2.45) is 0 Å². The highest BCUT2D eigenvalue weighted by atomic mass is 19.1. The van der Waals surface area contributed by atoms with Gasteiger partial charge in [-0.1, -0.05) is 26.8 Å². The minimum atomic E-state index is -0.645. The standard InChI is InChI=1S/C15H19F2N3/c1-4-8-20-14(18)13(19-15(20)9(2)3)12-10(16)6-5-7-11(12)17/h5-7,9H,4,8,18H2,1-3H3. The Morgan fingerprint density at radius 2 is 1.85 bits per heavy atom. The molecule has 108 valence electrons. The number of anilines is 1. The molecular formula is C15H19F2N3. The molecule has 0 saturated carbocycles. The first kappa shape index (κ1) is 14.5. The summed E-state index contributed by atoms with van der Waals surface area (Å²) in [7, 11) is 0. The molecule has 20 heavy (non-hydrogen) atoms. The van der Waals surface area contributed by atoms with Crippen LogP contribution in [-0.4, -0.2) is 9.55 Å². The van der Waals surface area contributed by atoms with Crippen LogP contribution in [0.5, 0.6) is 0 Å². The van der Waals surface area contributed by atoms with Crippen LogP contribution >= 0.6 is 0 Å². The fourth-order valence-electron chi connectivity index (χ4n) is 2.29. The van der Waals surface area contributed by atoms with Crippen molar-refractivity contribution in [1.29, 1.82) is 0 Å². The molecule has 2 N–H and O–H groups in total. The molecule has 3 nitrogen and oxygen atoms in total. The van der Waals surface area contributed by atoms with Gasteiger partial charge in [0.1, 0.15) is 29.0 Å². The molecule has 0 aliphatic rings. The average Bonchev–Trinajstić information content (AvgIpc) is 2.69. The van der Waals surface area contributed by atoms with Crippen molar-refractivity contribution < 1.29 is 8.78 Å². The van der Waals surface area contributed by atoms with Crippen LogP contribution in [0.3, 0.4) is 0 Å². The lowest BCUT2D eigenvalue weighted by Gasteiger charge is -2.10. The van der Waals surface area contributed by atoms with E-state index in [1.165, 1.54) is 18.2 Å². The van der Waals surface area contributed by atoms with Crippen LogP contribution in [0.1, 0.15) is 38.9 Å². The molecular weight excluding hydrogens is 260 g/mol. The van der Waals surface area contributed by atoms with E-state index in [0.29, 0.717) is 12.4 Å². The monoisotopic (exact) mass is 279 g/mol. The van der Waals surface area contributed by atoms with E-state index in [1.807, 2.05) is 25.3 Å². The number of halogens is 2. The van der Waals surface area contributed by atoms with Gasteiger partial charge in [-0.3, -0.25) is 0 Å². The lowest BCUT2D eigenvalue weighted by atomic mass is 10.1. The molecule has 0 aliphatic carbocycles. The van der Waals surface area contributed by atoms with Gasteiger partial charge < -0.3 is 10.3 Å². The number of nitrogens with two attached hydrogens (primary N) is 1. The van der Waals surface area contributed by atoms with Crippen LogP contribution < -0.4 is 5.73 Å². The Hall–Kier alpha value is -1.91. The maximum absolute atomic E-state index is 13.9. The van der Waals surface area contributed by atoms with Crippen LogP contribution in [0.15, 0.2) is 18.2 Å². The van der Waals surface area contributed by atoms with Gasteiger partial charge >= 0.3 is 0 Å². The van der Waals surface area contributed by atoms with Gasteiger partial charge in [0, 0.05) is 12.5 Å². The van der Waals surface area contributed by atoms with Crippen LogP contribution in [0.2, 0.25) is 0 Å². The van der Waals surface area contributed by atoms with Gasteiger partial charge in [0.25, 0.3) is 0 Å². The predicted octanol–water partition coefficient (Wildman–Crippen LogP) is 3.94. The van der Waals surface area contributed by atoms with E-state index in [4.69, 9.17) is 5.73 Å². The van der Waals surface area contributed by atoms with Gasteiger partial charge in [0.15, 0.2) is 0 Å². The molecule has 0 fully saturated rings. The molecule has 0 radical (unpaired) electrons. The molecule has 1 aromatic heterocycles. The summed E-state index contributed by atoms with van der Waals surface area (Å²) in [5.74, 6) is -0.0877. The molecule has 5 heteroatoms. The minimum Gasteiger partial charge on any atom is -0.383 e. The molecule has 0 bridgehead atoms. The molecule has 0 unspecified atom stereocenters. The van der Waals surface area contributed by atoms with Crippen molar-refractivity contribution in [2.75, 3.05) is 5.73 Å². The topological polar surface area (TPSA) is 43.8 Å². The SMILES string of the molecule is CCCn1c(C(C)C)nc(-c2c(F)cccc2F)c1N. The number of imidazole rings is 1. The molecule has 0 amide bonds. The first-order valence-corrected chi connectivity index (χ1v) is 6.77. The molecule has 0 spiro atoms. The zero-order chi connectivity index (χ0) is 14.9. The summed E-state index contributed by atoms with van der Waals surface area (Å²) < 4.78 is 29.6. The van der Waals surface area contributed by atoms with E-state index < -0.39 is 11.6 Å². The predicted molar refractivity (Wildman–Crippen MR) is 76.4 cm³/mol. The van der Waals surface area contributed by atoms with E-state index in [0.717, 1.165) is 12.2 Å². The number of benzene rings is 1. The van der Waals surface area contributed by atoms with Crippen molar-refractivity contribution in [3.8, 4) is 11.3 Å². The van der Waals surface area contributed by atoms with Crippen LogP contribution in [-0.2, 0) is 6.54 Å². The number of hydrogen-bond acceptors (Lipinski definition) is 2. The second-order valence-electron chi connectivity index (χ2n) is 5.11. The quantitative estimate of drug-likeness (QED) is 0.921. The van der Waals surface area contributed by atoms with Gasteiger partial charge in [-0.15, -0.1) is 0 Å². The molecule has 1 aromatic carbocycles. The van der Waals surface area contributed by atoms with E-state index in [2.05, 4.69) is 4.98 Å². The Morgan fingerprint density at radius 3 is 2.35 bits per heavy atom. The third kappa shape index (κ3) is 2.40. The largest absolute Gasteiger partial charge is 0.383 e. The van der Waals surface area contributed by atoms with Crippen molar-refractivity contribution in [2.45, 2.75) is 39.7 Å². The maximum Gasteiger partial charge on any atom is 0.135 e. The van der Waals surface area contributed by atoms with E-state index in [1.54, 1.807) is 0 Å². The highest BCUT2D eigenvalue weighted by molar-refractivity contribution is 5.72.